The van der Waals surface area contributed by atoms with Crippen LogP contribution in [0.3, 0.4) is 0 Å². The van der Waals surface area contributed by atoms with Crippen LogP contribution in [0.25, 0.3) is 11.3 Å². The third kappa shape index (κ3) is 2.57. The SMILES string of the molecule is FC(F)(F)c1noc(-c2ccc(Cl)cc2)c1I. The van der Waals surface area contributed by atoms with Gasteiger partial charge >= 0.3 is 6.18 Å². The second-order valence-corrected chi connectivity index (χ2v) is 4.69. The van der Waals surface area contributed by atoms with E-state index in [1.807, 2.05) is 0 Å². The lowest BCUT2D eigenvalue weighted by Crippen LogP contribution is -2.07. The molecule has 0 aliphatic carbocycles. The molecule has 0 fully saturated rings. The Kier molecular flexibility index (Phi) is 3.35. The molecule has 7 heteroatoms. The average molecular weight is 373 g/mol. The van der Waals surface area contributed by atoms with Gasteiger partial charge in [-0.1, -0.05) is 16.8 Å². The number of nitrogens with zero attached hydrogens (tertiary/aromatic N) is 1. The molecule has 0 unspecified atom stereocenters. The smallest absolute Gasteiger partial charge is 0.355 e. The molecule has 0 saturated carbocycles. The van der Waals surface area contributed by atoms with Crippen molar-refractivity contribution in [3.8, 4) is 11.3 Å². The standard InChI is InChI=1S/C10H4ClF3INO/c11-6-3-1-5(2-4-6)8-7(15)9(16-17-8)10(12,13)14/h1-4H. The number of rotatable bonds is 1. The minimum absolute atomic E-state index is 0.0579. The number of halogens is 5. The molecule has 0 bridgehead atoms. The van der Waals surface area contributed by atoms with E-state index in [2.05, 4.69) is 5.16 Å². The molecule has 17 heavy (non-hydrogen) atoms. The van der Waals surface area contributed by atoms with Crippen LogP contribution in [0.5, 0.6) is 0 Å². The molecule has 2 rings (SSSR count). The van der Waals surface area contributed by atoms with E-state index in [-0.39, 0.29) is 9.33 Å². The Bertz CT molecular complexity index is 535. The first-order valence-corrected chi connectivity index (χ1v) is 5.83. The Morgan fingerprint density at radius 1 is 1.18 bits per heavy atom. The summed E-state index contributed by atoms with van der Waals surface area (Å²) in [7, 11) is 0. The van der Waals surface area contributed by atoms with Gasteiger partial charge in [-0.15, -0.1) is 0 Å². The van der Waals surface area contributed by atoms with Crippen molar-refractivity contribution in [2.75, 3.05) is 0 Å². The van der Waals surface area contributed by atoms with E-state index in [4.69, 9.17) is 16.1 Å². The van der Waals surface area contributed by atoms with Crippen LogP contribution >= 0.6 is 34.2 Å². The highest BCUT2D eigenvalue weighted by Crippen LogP contribution is 2.37. The van der Waals surface area contributed by atoms with Crippen LogP contribution in [0.2, 0.25) is 5.02 Å². The van der Waals surface area contributed by atoms with Crippen LogP contribution in [-0.2, 0) is 6.18 Å². The Morgan fingerprint density at radius 3 is 2.24 bits per heavy atom. The third-order valence-electron chi connectivity index (χ3n) is 2.01. The van der Waals surface area contributed by atoms with Gasteiger partial charge in [0.15, 0.2) is 5.76 Å². The maximum absolute atomic E-state index is 12.5. The highest BCUT2D eigenvalue weighted by molar-refractivity contribution is 14.1. The predicted molar refractivity (Wildman–Crippen MR) is 64.7 cm³/mol. The van der Waals surface area contributed by atoms with E-state index < -0.39 is 11.9 Å². The maximum Gasteiger partial charge on any atom is 0.437 e. The fourth-order valence-electron chi connectivity index (χ4n) is 1.24. The molecule has 0 saturated heterocycles. The first kappa shape index (κ1) is 12.7. The van der Waals surface area contributed by atoms with Crippen LogP contribution in [-0.4, -0.2) is 5.16 Å². The Labute approximate surface area is 113 Å². The van der Waals surface area contributed by atoms with E-state index in [1.54, 1.807) is 46.9 Å². The van der Waals surface area contributed by atoms with Gasteiger partial charge in [-0.3, -0.25) is 0 Å². The Morgan fingerprint density at radius 2 is 1.76 bits per heavy atom. The molecule has 0 spiro atoms. The van der Waals surface area contributed by atoms with E-state index in [0.29, 0.717) is 10.6 Å². The molecular weight excluding hydrogens is 369 g/mol. The lowest BCUT2D eigenvalue weighted by Gasteiger charge is -2.01. The quantitative estimate of drug-likeness (QED) is 0.682. The first-order valence-electron chi connectivity index (χ1n) is 4.38. The van der Waals surface area contributed by atoms with E-state index >= 15 is 0 Å². The van der Waals surface area contributed by atoms with Gasteiger partial charge in [-0.05, 0) is 46.9 Å². The summed E-state index contributed by atoms with van der Waals surface area (Å²) in [5.74, 6) is 0.0922. The summed E-state index contributed by atoms with van der Waals surface area (Å²) >= 11 is 7.25. The number of hydrogen-bond donors (Lipinski definition) is 0. The Balaban J connectivity index is 2.48. The molecule has 0 aliphatic heterocycles. The summed E-state index contributed by atoms with van der Waals surface area (Å²) in [6.07, 6.45) is -4.51. The van der Waals surface area contributed by atoms with Gasteiger partial charge < -0.3 is 4.52 Å². The van der Waals surface area contributed by atoms with Crippen molar-refractivity contribution >= 4 is 34.2 Å². The molecule has 0 N–H and O–H groups in total. The van der Waals surface area contributed by atoms with Gasteiger partial charge in [0, 0.05) is 10.6 Å². The van der Waals surface area contributed by atoms with Gasteiger partial charge in [0.25, 0.3) is 0 Å². The largest absolute Gasteiger partial charge is 0.437 e. The monoisotopic (exact) mass is 373 g/mol. The summed E-state index contributed by atoms with van der Waals surface area (Å²) in [5.41, 5.74) is -0.509. The van der Waals surface area contributed by atoms with E-state index in [0.717, 1.165) is 0 Å². The minimum atomic E-state index is -4.51. The second kappa shape index (κ2) is 4.49. The number of hydrogen-bond acceptors (Lipinski definition) is 2. The van der Waals surface area contributed by atoms with Crippen molar-refractivity contribution in [1.82, 2.24) is 5.16 Å². The van der Waals surface area contributed by atoms with E-state index in [9.17, 15) is 13.2 Å². The molecular formula is C10H4ClF3INO. The molecule has 0 aliphatic rings. The van der Waals surface area contributed by atoms with Gasteiger partial charge in [0.05, 0.1) is 3.57 Å². The van der Waals surface area contributed by atoms with Crippen LogP contribution in [0.15, 0.2) is 28.8 Å². The molecule has 0 radical (unpaired) electrons. The van der Waals surface area contributed by atoms with Crippen molar-refractivity contribution in [2.24, 2.45) is 0 Å². The highest BCUT2D eigenvalue weighted by Gasteiger charge is 2.38. The fraction of sp³-hybridized carbons (Fsp3) is 0.100. The molecule has 1 aromatic carbocycles. The summed E-state index contributed by atoms with van der Waals surface area (Å²) < 4.78 is 42.1. The van der Waals surface area contributed by atoms with Crippen molar-refractivity contribution in [3.63, 3.8) is 0 Å². The average Bonchev–Trinajstić information content (AvgIpc) is 2.61. The van der Waals surface area contributed by atoms with Gasteiger partial charge in [-0.2, -0.15) is 13.2 Å². The molecule has 2 aromatic rings. The lowest BCUT2D eigenvalue weighted by atomic mass is 10.1. The fourth-order valence-corrected chi connectivity index (χ4v) is 2.18. The van der Waals surface area contributed by atoms with Crippen LogP contribution in [0, 0.1) is 3.57 Å². The van der Waals surface area contributed by atoms with Gasteiger partial charge in [0.2, 0.25) is 5.69 Å². The van der Waals surface area contributed by atoms with Gasteiger partial charge in [0.1, 0.15) is 0 Å². The van der Waals surface area contributed by atoms with Crippen molar-refractivity contribution < 1.29 is 17.7 Å². The summed E-state index contributed by atoms with van der Waals surface area (Å²) in [6.45, 7) is 0. The van der Waals surface area contributed by atoms with Crippen molar-refractivity contribution in [2.45, 2.75) is 6.18 Å². The van der Waals surface area contributed by atoms with Crippen molar-refractivity contribution in [3.05, 3.63) is 38.6 Å². The topological polar surface area (TPSA) is 26.0 Å². The predicted octanol–water partition coefficient (Wildman–Crippen LogP) is 4.62. The molecule has 2 nitrogen and oxygen atoms in total. The summed E-state index contributed by atoms with van der Waals surface area (Å²) in [6, 6.07) is 6.29. The van der Waals surface area contributed by atoms with E-state index in [1.165, 1.54) is 0 Å². The zero-order valence-corrected chi connectivity index (χ0v) is 11.0. The number of benzene rings is 1. The summed E-state index contributed by atoms with van der Waals surface area (Å²) in [5, 5.41) is 3.54. The molecule has 1 aromatic heterocycles. The highest BCUT2D eigenvalue weighted by atomic mass is 127. The number of alkyl halides is 3. The molecule has 0 atom stereocenters. The molecule has 1 heterocycles. The number of aromatic nitrogens is 1. The zero-order chi connectivity index (χ0) is 12.6. The normalized spacial score (nSPS) is 11.8. The lowest BCUT2D eigenvalue weighted by molar-refractivity contribution is -0.143. The molecule has 90 valence electrons. The van der Waals surface area contributed by atoms with Gasteiger partial charge in [-0.25, -0.2) is 0 Å². The van der Waals surface area contributed by atoms with Crippen LogP contribution in [0.4, 0.5) is 13.2 Å². The van der Waals surface area contributed by atoms with Crippen LogP contribution in [0.1, 0.15) is 5.69 Å². The molecule has 0 amide bonds. The van der Waals surface area contributed by atoms with Crippen molar-refractivity contribution in [1.29, 1.82) is 0 Å². The Hall–Kier alpha value is -0.760. The third-order valence-corrected chi connectivity index (χ3v) is 3.26. The maximum atomic E-state index is 12.5. The summed E-state index contributed by atoms with van der Waals surface area (Å²) in [4.78, 5) is 0. The minimum Gasteiger partial charge on any atom is -0.355 e. The first-order chi connectivity index (χ1) is 7.89. The second-order valence-electron chi connectivity index (χ2n) is 3.18. The van der Waals surface area contributed by atoms with Crippen LogP contribution < -0.4 is 0 Å². The zero-order valence-electron chi connectivity index (χ0n) is 8.05.